The molecule has 0 aliphatic heterocycles. The molecule has 4 nitrogen and oxygen atoms in total. The van der Waals surface area contributed by atoms with Crippen molar-refractivity contribution in [3.05, 3.63) is 66.2 Å². The van der Waals surface area contributed by atoms with Crippen LogP contribution in [0.2, 0.25) is 0 Å². The van der Waals surface area contributed by atoms with Crippen molar-refractivity contribution in [3.63, 3.8) is 0 Å². The number of hydrogen-bond donors (Lipinski definition) is 1. The summed E-state index contributed by atoms with van der Waals surface area (Å²) >= 11 is 0. The van der Waals surface area contributed by atoms with Crippen LogP contribution in [-0.2, 0) is 13.0 Å². The quantitative estimate of drug-likeness (QED) is 0.535. The maximum absolute atomic E-state index is 5.56. The molecular formula is C20H25NO3. The fraction of sp³-hybridized carbons (Fsp3) is 0.300. The molecule has 0 amide bonds. The fourth-order valence-corrected chi connectivity index (χ4v) is 2.35. The van der Waals surface area contributed by atoms with Gasteiger partial charge in [-0.15, -0.1) is 0 Å². The molecular weight excluding hydrogens is 302 g/mol. The van der Waals surface area contributed by atoms with E-state index in [1.54, 1.807) is 20.3 Å². The molecule has 2 aromatic rings. The van der Waals surface area contributed by atoms with E-state index in [0.29, 0.717) is 6.61 Å². The lowest BCUT2D eigenvalue weighted by molar-refractivity contribution is 0.326. The van der Waals surface area contributed by atoms with Gasteiger partial charge in [0.05, 0.1) is 14.2 Å². The minimum atomic E-state index is 0.468. The molecule has 0 aromatic heterocycles. The summed E-state index contributed by atoms with van der Waals surface area (Å²) in [5.41, 5.74) is 2.45. The topological polar surface area (TPSA) is 39.7 Å². The molecule has 24 heavy (non-hydrogen) atoms. The van der Waals surface area contributed by atoms with E-state index < -0.39 is 0 Å². The van der Waals surface area contributed by atoms with Crippen molar-refractivity contribution in [2.45, 2.75) is 13.0 Å². The Hall–Kier alpha value is -2.46. The normalized spacial score (nSPS) is 10.2. The highest BCUT2D eigenvalue weighted by molar-refractivity contribution is 5.43. The van der Waals surface area contributed by atoms with Crippen molar-refractivity contribution >= 4 is 0 Å². The summed E-state index contributed by atoms with van der Waals surface area (Å²) < 4.78 is 16.1. The van der Waals surface area contributed by atoms with Crippen molar-refractivity contribution in [2.75, 3.05) is 27.4 Å². The first kappa shape index (κ1) is 17.9. The summed E-state index contributed by atoms with van der Waals surface area (Å²) in [5, 5.41) is 3.45. The molecule has 0 atom stereocenters. The van der Waals surface area contributed by atoms with Crippen molar-refractivity contribution in [3.8, 4) is 17.2 Å². The molecule has 0 heterocycles. The molecule has 4 heteroatoms. The van der Waals surface area contributed by atoms with Gasteiger partial charge in [-0.1, -0.05) is 30.9 Å². The molecule has 0 radical (unpaired) electrons. The van der Waals surface area contributed by atoms with Gasteiger partial charge >= 0.3 is 0 Å². The zero-order valence-electron chi connectivity index (χ0n) is 14.4. The first-order valence-corrected chi connectivity index (χ1v) is 8.01. The Morgan fingerprint density at radius 1 is 0.958 bits per heavy atom. The number of methoxy groups -OCH3 is 2. The Morgan fingerprint density at radius 2 is 1.71 bits per heavy atom. The molecule has 2 aromatic carbocycles. The van der Waals surface area contributed by atoms with Crippen LogP contribution in [0.25, 0.3) is 0 Å². The molecule has 0 bridgehead atoms. The molecule has 0 saturated heterocycles. The van der Waals surface area contributed by atoms with Crippen LogP contribution < -0.4 is 19.5 Å². The highest BCUT2D eigenvalue weighted by atomic mass is 16.5. The van der Waals surface area contributed by atoms with Crippen LogP contribution in [-0.4, -0.2) is 27.4 Å². The molecule has 2 rings (SSSR count). The predicted octanol–water partition coefficient (Wildman–Crippen LogP) is 3.60. The summed E-state index contributed by atoms with van der Waals surface area (Å²) in [6, 6.07) is 14.1. The number of hydrogen-bond acceptors (Lipinski definition) is 4. The maximum Gasteiger partial charge on any atom is 0.161 e. The SMILES string of the molecule is C=CCOc1ccc(CNCCc2ccc(OC)cc2)cc1OC. The minimum absolute atomic E-state index is 0.468. The van der Waals surface area contributed by atoms with Crippen LogP contribution in [0.15, 0.2) is 55.1 Å². The Bertz CT molecular complexity index is 638. The van der Waals surface area contributed by atoms with Crippen LogP contribution in [0.5, 0.6) is 17.2 Å². The minimum Gasteiger partial charge on any atom is -0.497 e. The van der Waals surface area contributed by atoms with Gasteiger partial charge in [0, 0.05) is 6.54 Å². The average Bonchev–Trinajstić information content (AvgIpc) is 2.64. The third-order valence-electron chi connectivity index (χ3n) is 3.66. The van der Waals surface area contributed by atoms with Crippen LogP contribution >= 0.6 is 0 Å². The summed E-state index contributed by atoms with van der Waals surface area (Å²) in [4.78, 5) is 0. The van der Waals surface area contributed by atoms with Gasteiger partial charge in [0.2, 0.25) is 0 Å². The number of nitrogens with one attached hydrogen (secondary N) is 1. The molecule has 0 aliphatic carbocycles. The second kappa shape index (κ2) is 9.63. The molecule has 0 saturated carbocycles. The van der Waals surface area contributed by atoms with Gasteiger partial charge in [0.15, 0.2) is 11.5 Å². The van der Waals surface area contributed by atoms with Gasteiger partial charge in [-0.2, -0.15) is 0 Å². The molecule has 0 fully saturated rings. The van der Waals surface area contributed by atoms with Gasteiger partial charge in [0.25, 0.3) is 0 Å². The zero-order valence-corrected chi connectivity index (χ0v) is 14.4. The average molecular weight is 327 g/mol. The number of ether oxygens (including phenoxy) is 3. The lowest BCUT2D eigenvalue weighted by Gasteiger charge is -2.11. The first-order valence-electron chi connectivity index (χ1n) is 8.01. The lowest BCUT2D eigenvalue weighted by Crippen LogP contribution is -2.16. The summed E-state index contributed by atoms with van der Waals surface area (Å²) in [6.45, 7) is 5.81. The second-order valence-electron chi connectivity index (χ2n) is 5.36. The van der Waals surface area contributed by atoms with E-state index >= 15 is 0 Å². The second-order valence-corrected chi connectivity index (χ2v) is 5.36. The highest BCUT2D eigenvalue weighted by Gasteiger charge is 2.05. The van der Waals surface area contributed by atoms with Gasteiger partial charge < -0.3 is 19.5 Å². The van der Waals surface area contributed by atoms with Crippen molar-refractivity contribution in [1.29, 1.82) is 0 Å². The zero-order chi connectivity index (χ0) is 17.2. The van der Waals surface area contributed by atoms with E-state index in [1.165, 1.54) is 5.56 Å². The molecule has 0 spiro atoms. The maximum atomic E-state index is 5.56. The van der Waals surface area contributed by atoms with Gasteiger partial charge in [0.1, 0.15) is 12.4 Å². The van der Waals surface area contributed by atoms with Crippen LogP contribution in [0.4, 0.5) is 0 Å². The van der Waals surface area contributed by atoms with Crippen LogP contribution in [0.3, 0.4) is 0 Å². The monoisotopic (exact) mass is 327 g/mol. The molecule has 0 aliphatic rings. The third kappa shape index (κ3) is 5.32. The summed E-state index contributed by atoms with van der Waals surface area (Å²) in [5.74, 6) is 2.36. The Kier molecular flexibility index (Phi) is 7.18. The standard InChI is InChI=1S/C20H25NO3/c1-4-13-24-19-10-7-17(14-20(19)23-3)15-21-12-11-16-5-8-18(22-2)9-6-16/h4-10,14,21H,1,11-13,15H2,2-3H3. The van der Waals surface area contributed by atoms with Gasteiger partial charge in [-0.25, -0.2) is 0 Å². The largest absolute Gasteiger partial charge is 0.497 e. The Labute approximate surface area is 144 Å². The molecule has 1 N–H and O–H groups in total. The molecule has 128 valence electrons. The smallest absolute Gasteiger partial charge is 0.161 e. The van der Waals surface area contributed by atoms with Crippen LogP contribution in [0, 0.1) is 0 Å². The van der Waals surface area contributed by atoms with Crippen molar-refractivity contribution in [2.24, 2.45) is 0 Å². The number of benzene rings is 2. The summed E-state index contributed by atoms with van der Waals surface area (Å²) in [6.07, 6.45) is 2.69. The van der Waals surface area contributed by atoms with E-state index in [2.05, 4.69) is 24.0 Å². The summed E-state index contributed by atoms with van der Waals surface area (Å²) in [7, 11) is 3.33. The van der Waals surface area contributed by atoms with Gasteiger partial charge in [-0.3, -0.25) is 0 Å². The van der Waals surface area contributed by atoms with Crippen LogP contribution in [0.1, 0.15) is 11.1 Å². The third-order valence-corrected chi connectivity index (χ3v) is 3.66. The van der Waals surface area contributed by atoms with Gasteiger partial charge in [-0.05, 0) is 48.4 Å². The van der Waals surface area contributed by atoms with E-state index in [-0.39, 0.29) is 0 Å². The Balaban J connectivity index is 1.81. The molecule has 0 unspecified atom stereocenters. The van der Waals surface area contributed by atoms with E-state index in [4.69, 9.17) is 14.2 Å². The van der Waals surface area contributed by atoms with E-state index in [9.17, 15) is 0 Å². The van der Waals surface area contributed by atoms with E-state index in [0.717, 1.165) is 42.3 Å². The highest BCUT2D eigenvalue weighted by Crippen LogP contribution is 2.28. The lowest BCUT2D eigenvalue weighted by atomic mass is 10.1. The predicted molar refractivity (Wildman–Crippen MR) is 97.1 cm³/mol. The first-order chi connectivity index (χ1) is 11.8. The number of rotatable bonds is 10. The fourth-order valence-electron chi connectivity index (χ4n) is 2.35. The van der Waals surface area contributed by atoms with Crippen molar-refractivity contribution < 1.29 is 14.2 Å². The van der Waals surface area contributed by atoms with Crippen molar-refractivity contribution in [1.82, 2.24) is 5.32 Å². The van der Waals surface area contributed by atoms with E-state index in [1.807, 2.05) is 30.3 Å². The Morgan fingerprint density at radius 3 is 2.38 bits per heavy atom.